The molecule has 0 saturated heterocycles. The minimum absolute atomic E-state index is 0.270. The first-order chi connectivity index (χ1) is 8.08. The molecule has 0 heterocycles. The number of rotatable bonds is 7. The fraction of sp³-hybridized carbons (Fsp3) is 0.462. The fourth-order valence-corrected chi connectivity index (χ4v) is 1.90. The van der Waals surface area contributed by atoms with Crippen LogP contribution in [0.3, 0.4) is 0 Å². The van der Waals surface area contributed by atoms with Crippen molar-refractivity contribution in [2.45, 2.75) is 25.8 Å². The Hall–Kier alpha value is -0.870. The van der Waals surface area contributed by atoms with Gasteiger partial charge >= 0.3 is 5.97 Å². The van der Waals surface area contributed by atoms with Crippen molar-refractivity contribution in [1.82, 2.24) is 4.90 Å². The van der Waals surface area contributed by atoms with Crippen molar-refractivity contribution in [2.75, 3.05) is 13.6 Å². The van der Waals surface area contributed by atoms with Crippen LogP contribution in [0.2, 0.25) is 0 Å². The number of carbonyl (C=O) groups is 1. The summed E-state index contributed by atoms with van der Waals surface area (Å²) in [6.45, 7) is 1.84. The molecule has 0 aliphatic heterocycles. The summed E-state index contributed by atoms with van der Waals surface area (Å²) in [5.74, 6) is -0.708. The topological polar surface area (TPSA) is 40.5 Å². The average Bonchev–Trinajstić information content (AvgIpc) is 2.27. The molecule has 94 valence electrons. The van der Waals surface area contributed by atoms with Crippen LogP contribution in [0.25, 0.3) is 0 Å². The maximum absolute atomic E-state index is 10.3. The molecule has 0 spiro atoms. The van der Waals surface area contributed by atoms with Crippen molar-refractivity contribution in [3.05, 3.63) is 34.3 Å². The van der Waals surface area contributed by atoms with Crippen molar-refractivity contribution in [3.63, 3.8) is 0 Å². The molecule has 1 rings (SSSR count). The van der Waals surface area contributed by atoms with Gasteiger partial charge in [0.05, 0.1) is 0 Å². The number of unbranched alkanes of at least 4 members (excludes halogenated alkanes) is 1. The van der Waals surface area contributed by atoms with Crippen molar-refractivity contribution in [3.8, 4) is 0 Å². The van der Waals surface area contributed by atoms with Crippen LogP contribution in [-0.4, -0.2) is 29.6 Å². The Morgan fingerprint density at radius 3 is 2.53 bits per heavy atom. The summed E-state index contributed by atoms with van der Waals surface area (Å²) in [5.41, 5.74) is 1.27. The normalized spacial score (nSPS) is 10.8. The molecule has 0 atom stereocenters. The first-order valence-electron chi connectivity index (χ1n) is 5.72. The zero-order valence-electron chi connectivity index (χ0n) is 10.0. The van der Waals surface area contributed by atoms with E-state index < -0.39 is 5.97 Å². The van der Waals surface area contributed by atoms with Crippen LogP contribution in [-0.2, 0) is 11.3 Å². The number of hydrogen-bond donors (Lipinski definition) is 1. The van der Waals surface area contributed by atoms with Gasteiger partial charge < -0.3 is 10.0 Å². The third kappa shape index (κ3) is 6.44. The Kier molecular flexibility index (Phi) is 6.22. The molecular weight excluding hydrogens is 282 g/mol. The molecule has 0 radical (unpaired) electrons. The van der Waals surface area contributed by atoms with Crippen LogP contribution in [0.5, 0.6) is 0 Å². The molecule has 0 aliphatic rings. The second-order valence-corrected chi connectivity index (χ2v) is 5.13. The molecule has 0 saturated carbocycles. The second kappa shape index (κ2) is 7.45. The predicted molar refractivity (Wildman–Crippen MR) is 72.0 cm³/mol. The van der Waals surface area contributed by atoms with Crippen LogP contribution in [0.1, 0.15) is 24.8 Å². The van der Waals surface area contributed by atoms with Gasteiger partial charge in [0, 0.05) is 17.4 Å². The Morgan fingerprint density at radius 1 is 1.29 bits per heavy atom. The van der Waals surface area contributed by atoms with Crippen LogP contribution < -0.4 is 0 Å². The average molecular weight is 300 g/mol. The van der Waals surface area contributed by atoms with Gasteiger partial charge in [-0.25, -0.2) is 0 Å². The lowest BCUT2D eigenvalue weighted by Crippen LogP contribution is -2.19. The quantitative estimate of drug-likeness (QED) is 0.786. The molecule has 0 fully saturated rings. The van der Waals surface area contributed by atoms with Gasteiger partial charge in [0.15, 0.2) is 0 Å². The SMILES string of the molecule is CN(CCCCC(=O)O)Cc1ccc(Br)cc1. The van der Waals surface area contributed by atoms with Gasteiger partial charge in [-0.3, -0.25) is 4.79 Å². The first-order valence-corrected chi connectivity index (χ1v) is 6.52. The lowest BCUT2D eigenvalue weighted by molar-refractivity contribution is -0.137. The van der Waals surface area contributed by atoms with E-state index in [1.54, 1.807) is 0 Å². The Morgan fingerprint density at radius 2 is 1.94 bits per heavy atom. The zero-order valence-corrected chi connectivity index (χ0v) is 11.6. The van der Waals surface area contributed by atoms with E-state index in [1.165, 1.54) is 5.56 Å². The van der Waals surface area contributed by atoms with Crippen molar-refractivity contribution in [2.24, 2.45) is 0 Å². The molecule has 0 bridgehead atoms. The standard InChI is InChI=1S/C13H18BrNO2/c1-15(9-3-2-4-13(16)17)10-11-5-7-12(14)8-6-11/h5-8H,2-4,9-10H2,1H3,(H,16,17). The van der Waals surface area contributed by atoms with Crippen LogP contribution >= 0.6 is 15.9 Å². The fourth-order valence-electron chi connectivity index (χ4n) is 1.64. The van der Waals surface area contributed by atoms with E-state index in [4.69, 9.17) is 5.11 Å². The number of benzene rings is 1. The summed E-state index contributed by atoms with van der Waals surface area (Å²) < 4.78 is 1.09. The smallest absolute Gasteiger partial charge is 0.303 e. The van der Waals surface area contributed by atoms with Crippen molar-refractivity contribution < 1.29 is 9.90 Å². The highest BCUT2D eigenvalue weighted by Gasteiger charge is 2.01. The Balaban J connectivity index is 2.22. The van der Waals surface area contributed by atoms with E-state index in [9.17, 15) is 4.79 Å². The molecular formula is C13H18BrNO2. The van der Waals surface area contributed by atoms with Gasteiger partial charge in [0.25, 0.3) is 0 Å². The maximum atomic E-state index is 10.3. The predicted octanol–water partition coefficient (Wildman–Crippen LogP) is 3.14. The molecule has 4 heteroatoms. The van der Waals surface area contributed by atoms with E-state index in [-0.39, 0.29) is 6.42 Å². The summed E-state index contributed by atoms with van der Waals surface area (Å²) in [4.78, 5) is 12.6. The van der Waals surface area contributed by atoms with Gasteiger partial charge in [-0.2, -0.15) is 0 Å². The van der Waals surface area contributed by atoms with E-state index in [0.29, 0.717) is 0 Å². The Labute approximate surface area is 111 Å². The largest absolute Gasteiger partial charge is 0.481 e. The van der Waals surface area contributed by atoms with Gasteiger partial charge in [-0.05, 0) is 44.1 Å². The van der Waals surface area contributed by atoms with Gasteiger partial charge in [-0.15, -0.1) is 0 Å². The zero-order chi connectivity index (χ0) is 12.7. The minimum atomic E-state index is -0.708. The molecule has 17 heavy (non-hydrogen) atoms. The summed E-state index contributed by atoms with van der Waals surface area (Å²) in [7, 11) is 2.06. The highest BCUT2D eigenvalue weighted by Crippen LogP contribution is 2.12. The number of carboxylic acids is 1. The maximum Gasteiger partial charge on any atom is 0.303 e. The first kappa shape index (κ1) is 14.2. The van der Waals surface area contributed by atoms with E-state index in [0.717, 1.165) is 30.4 Å². The van der Waals surface area contributed by atoms with Crippen LogP contribution in [0, 0.1) is 0 Å². The number of hydrogen-bond acceptors (Lipinski definition) is 2. The number of nitrogens with zero attached hydrogens (tertiary/aromatic N) is 1. The van der Waals surface area contributed by atoms with E-state index in [1.807, 2.05) is 12.1 Å². The lowest BCUT2D eigenvalue weighted by atomic mass is 10.2. The molecule has 0 aliphatic carbocycles. The van der Waals surface area contributed by atoms with Gasteiger partial charge in [-0.1, -0.05) is 28.1 Å². The molecule has 0 amide bonds. The molecule has 0 unspecified atom stereocenters. The van der Waals surface area contributed by atoms with Crippen molar-refractivity contribution >= 4 is 21.9 Å². The van der Waals surface area contributed by atoms with Crippen LogP contribution in [0.15, 0.2) is 28.7 Å². The number of carboxylic acid groups (broad SMARTS) is 1. The third-order valence-electron chi connectivity index (χ3n) is 2.55. The molecule has 0 aromatic heterocycles. The van der Waals surface area contributed by atoms with E-state index in [2.05, 4.69) is 40.0 Å². The lowest BCUT2D eigenvalue weighted by Gasteiger charge is -2.16. The van der Waals surface area contributed by atoms with Crippen molar-refractivity contribution in [1.29, 1.82) is 0 Å². The molecule has 3 nitrogen and oxygen atoms in total. The molecule has 1 aromatic carbocycles. The third-order valence-corrected chi connectivity index (χ3v) is 3.07. The Bertz CT molecular complexity index is 351. The summed E-state index contributed by atoms with van der Waals surface area (Å²) in [6.07, 6.45) is 1.95. The highest BCUT2D eigenvalue weighted by atomic mass is 79.9. The summed E-state index contributed by atoms with van der Waals surface area (Å²) >= 11 is 3.41. The number of aliphatic carboxylic acids is 1. The van der Waals surface area contributed by atoms with Gasteiger partial charge in [0.2, 0.25) is 0 Å². The minimum Gasteiger partial charge on any atom is -0.481 e. The molecule has 1 N–H and O–H groups in total. The van der Waals surface area contributed by atoms with Crippen LogP contribution in [0.4, 0.5) is 0 Å². The second-order valence-electron chi connectivity index (χ2n) is 4.22. The summed E-state index contributed by atoms with van der Waals surface area (Å²) in [6, 6.07) is 8.26. The molecule has 1 aromatic rings. The van der Waals surface area contributed by atoms with Gasteiger partial charge in [0.1, 0.15) is 0 Å². The summed E-state index contributed by atoms with van der Waals surface area (Å²) in [5, 5.41) is 8.52. The highest BCUT2D eigenvalue weighted by molar-refractivity contribution is 9.10. The monoisotopic (exact) mass is 299 g/mol. The van der Waals surface area contributed by atoms with E-state index >= 15 is 0 Å². The number of halogens is 1.